The van der Waals surface area contributed by atoms with Crippen molar-refractivity contribution in [3.8, 4) is 0 Å². The molecule has 0 saturated carbocycles. The summed E-state index contributed by atoms with van der Waals surface area (Å²) in [5.41, 5.74) is 5.51. The second-order valence-corrected chi connectivity index (χ2v) is 7.96. The molecule has 0 fully saturated rings. The maximum Gasteiger partial charge on any atom is 0.252 e. The van der Waals surface area contributed by atoms with Crippen molar-refractivity contribution in [2.75, 3.05) is 40.5 Å². The number of ether oxygens (including phenoxy) is 2. The first-order valence-corrected chi connectivity index (χ1v) is 9.01. The van der Waals surface area contributed by atoms with Crippen LogP contribution in [0, 0.1) is 0 Å². The van der Waals surface area contributed by atoms with Crippen molar-refractivity contribution in [3.05, 3.63) is 17.0 Å². The van der Waals surface area contributed by atoms with E-state index in [1.54, 1.807) is 20.3 Å². The third kappa shape index (κ3) is 5.01. The molecule has 0 bridgehead atoms. The number of thiophene rings is 1. The number of nitrogens with zero attached hydrogens (tertiary/aromatic N) is 1. The minimum atomic E-state index is -3.54. The molecule has 6 nitrogen and oxygen atoms in total. The molecule has 0 aliphatic carbocycles. The Kier molecular flexibility index (Phi) is 7.78. The lowest BCUT2D eigenvalue weighted by atomic mass is 10.3. The van der Waals surface area contributed by atoms with Gasteiger partial charge in [-0.05, 0) is 32.0 Å². The van der Waals surface area contributed by atoms with Crippen LogP contribution in [0.4, 0.5) is 0 Å². The Morgan fingerprint density at radius 1 is 1.33 bits per heavy atom. The van der Waals surface area contributed by atoms with E-state index in [4.69, 9.17) is 15.2 Å². The summed E-state index contributed by atoms with van der Waals surface area (Å²) in [6, 6.07) is 3.21. The standard InChI is InChI=1S/C13H24N2O4S2/c1-11(10-19-3)15(8-9-18-2)21(16,17)13-5-4-12(20-13)6-7-14/h4-5,11H,6-10,14H2,1-3H3. The third-order valence-corrected chi connectivity index (χ3v) is 6.63. The van der Waals surface area contributed by atoms with Gasteiger partial charge >= 0.3 is 0 Å². The molecule has 21 heavy (non-hydrogen) atoms. The van der Waals surface area contributed by atoms with Gasteiger partial charge in [-0.25, -0.2) is 8.42 Å². The zero-order valence-electron chi connectivity index (χ0n) is 12.7. The fourth-order valence-electron chi connectivity index (χ4n) is 1.97. The van der Waals surface area contributed by atoms with Crippen molar-refractivity contribution in [2.45, 2.75) is 23.6 Å². The number of rotatable bonds is 10. The molecule has 1 rings (SSSR count). The normalized spacial score (nSPS) is 13.8. The molecule has 0 aliphatic heterocycles. The van der Waals surface area contributed by atoms with E-state index in [2.05, 4.69) is 0 Å². The van der Waals surface area contributed by atoms with Crippen molar-refractivity contribution in [1.82, 2.24) is 4.31 Å². The highest BCUT2D eigenvalue weighted by Crippen LogP contribution is 2.26. The maximum absolute atomic E-state index is 12.8. The van der Waals surface area contributed by atoms with Gasteiger partial charge in [-0.2, -0.15) is 4.31 Å². The van der Waals surface area contributed by atoms with E-state index in [0.29, 0.717) is 36.9 Å². The molecular weight excluding hydrogens is 312 g/mol. The highest BCUT2D eigenvalue weighted by Gasteiger charge is 2.30. The first kappa shape index (κ1) is 18.5. The molecule has 2 N–H and O–H groups in total. The maximum atomic E-state index is 12.8. The van der Waals surface area contributed by atoms with Crippen LogP contribution >= 0.6 is 11.3 Å². The third-order valence-electron chi connectivity index (χ3n) is 3.01. The molecule has 0 aliphatic rings. The molecule has 0 spiro atoms. The van der Waals surface area contributed by atoms with Crippen LogP contribution in [0.1, 0.15) is 11.8 Å². The summed E-state index contributed by atoms with van der Waals surface area (Å²) < 4.78 is 37.4. The number of hydrogen-bond donors (Lipinski definition) is 1. The quantitative estimate of drug-likeness (QED) is 0.687. The van der Waals surface area contributed by atoms with E-state index < -0.39 is 10.0 Å². The summed E-state index contributed by atoms with van der Waals surface area (Å²) in [6.45, 7) is 3.31. The predicted molar refractivity (Wildman–Crippen MR) is 84.2 cm³/mol. The predicted octanol–water partition coefficient (Wildman–Crippen LogP) is 0.921. The van der Waals surface area contributed by atoms with Crippen molar-refractivity contribution in [2.24, 2.45) is 5.73 Å². The van der Waals surface area contributed by atoms with Gasteiger partial charge in [0.1, 0.15) is 4.21 Å². The number of hydrogen-bond acceptors (Lipinski definition) is 6. The zero-order valence-corrected chi connectivity index (χ0v) is 14.4. The molecule has 8 heteroatoms. The molecule has 1 aromatic heterocycles. The summed E-state index contributed by atoms with van der Waals surface area (Å²) in [5, 5.41) is 0. The first-order chi connectivity index (χ1) is 9.97. The Labute approximate surface area is 130 Å². The van der Waals surface area contributed by atoms with E-state index in [-0.39, 0.29) is 6.04 Å². The summed E-state index contributed by atoms with van der Waals surface area (Å²) >= 11 is 1.27. The van der Waals surface area contributed by atoms with Crippen molar-refractivity contribution < 1.29 is 17.9 Å². The Balaban J connectivity index is 3.00. The SMILES string of the molecule is COCCN(C(C)COC)S(=O)(=O)c1ccc(CCN)s1. The minimum absolute atomic E-state index is 0.254. The van der Waals surface area contributed by atoms with E-state index in [1.165, 1.54) is 15.6 Å². The van der Waals surface area contributed by atoms with Crippen molar-refractivity contribution in [1.29, 1.82) is 0 Å². The van der Waals surface area contributed by atoms with Crippen LogP contribution in [0.5, 0.6) is 0 Å². The van der Waals surface area contributed by atoms with E-state index in [1.807, 2.05) is 13.0 Å². The zero-order chi connectivity index (χ0) is 15.9. The van der Waals surface area contributed by atoms with Crippen LogP contribution in [0.3, 0.4) is 0 Å². The number of nitrogens with two attached hydrogens (primary N) is 1. The molecule has 1 atom stereocenters. The van der Waals surface area contributed by atoms with Gasteiger partial charge in [0.05, 0.1) is 13.2 Å². The number of sulfonamides is 1. The topological polar surface area (TPSA) is 81.9 Å². The largest absolute Gasteiger partial charge is 0.383 e. The minimum Gasteiger partial charge on any atom is -0.383 e. The van der Waals surface area contributed by atoms with Crippen LogP contribution in [0.15, 0.2) is 16.3 Å². The lowest BCUT2D eigenvalue weighted by molar-refractivity contribution is 0.119. The van der Waals surface area contributed by atoms with Gasteiger partial charge in [-0.3, -0.25) is 0 Å². The Morgan fingerprint density at radius 2 is 2.05 bits per heavy atom. The Hall–Kier alpha value is -0.510. The summed E-state index contributed by atoms with van der Waals surface area (Å²) in [4.78, 5) is 0.974. The van der Waals surface area contributed by atoms with Crippen molar-refractivity contribution in [3.63, 3.8) is 0 Å². The van der Waals surface area contributed by atoms with E-state index in [9.17, 15) is 8.42 Å². The van der Waals surface area contributed by atoms with Gasteiger partial charge in [0.15, 0.2) is 0 Å². The van der Waals surface area contributed by atoms with Crippen LogP contribution in [0.25, 0.3) is 0 Å². The summed E-state index contributed by atoms with van der Waals surface area (Å²) in [7, 11) is -0.432. The Bertz CT molecular complexity index is 516. The van der Waals surface area contributed by atoms with Crippen LogP contribution < -0.4 is 5.73 Å². The molecule has 1 aromatic rings. The fourth-order valence-corrected chi connectivity index (χ4v) is 5.07. The van der Waals surface area contributed by atoms with Crippen LogP contribution in [-0.2, 0) is 25.9 Å². The molecular formula is C13H24N2O4S2. The van der Waals surface area contributed by atoms with Gasteiger partial charge < -0.3 is 15.2 Å². The lowest BCUT2D eigenvalue weighted by Gasteiger charge is -2.27. The average Bonchev–Trinajstić information content (AvgIpc) is 2.89. The van der Waals surface area contributed by atoms with Gasteiger partial charge in [-0.15, -0.1) is 11.3 Å². The highest BCUT2D eigenvalue weighted by molar-refractivity contribution is 7.91. The molecule has 0 aromatic carbocycles. The summed E-state index contributed by atoms with van der Waals surface area (Å²) in [6.07, 6.45) is 0.686. The lowest BCUT2D eigenvalue weighted by Crippen LogP contribution is -2.42. The average molecular weight is 336 g/mol. The molecule has 1 unspecified atom stereocenters. The molecule has 0 radical (unpaired) electrons. The first-order valence-electron chi connectivity index (χ1n) is 6.75. The molecule has 122 valence electrons. The molecule has 0 saturated heterocycles. The highest BCUT2D eigenvalue weighted by atomic mass is 32.2. The smallest absolute Gasteiger partial charge is 0.252 e. The van der Waals surface area contributed by atoms with Crippen LogP contribution in [-0.4, -0.2) is 59.3 Å². The molecule has 0 amide bonds. The van der Waals surface area contributed by atoms with Gasteiger partial charge in [-0.1, -0.05) is 0 Å². The summed E-state index contributed by atoms with van der Waals surface area (Å²) in [5.74, 6) is 0. The second kappa shape index (κ2) is 8.82. The van der Waals surface area contributed by atoms with Crippen LogP contribution in [0.2, 0.25) is 0 Å². The van der Waals surface area contributed by atoms with Gasteiger partial charge in [0.25, 0.3) is 10.0 Å². The monoisotopic (exact) mass is 336 g/mol. The van der Waals surface area contributed by atoms with Gasteiger partial charge in [0.2, 0.25) is 0 Å². The van der Waals surface area contributed by atoms with Gasteiger partial charge in [0, 0.05) is 31.7 Å². The Morgan fingerprint density at radius 3 is 2.62 bits per heavy atom. The number of methoxy groups -OCH3 is 2. The second-order valence-electron chi connectivity index (χ2n) is 4.67. The van der Waals surface area contributed by atoms with Crippen molar-refractivity contribution >= 4 is 21.4 Å². The van der Waals surface area contributed by atoms with E-state index in [0.717, 1.165) is 4.88 Å². The van der Waals surface area contributed by atoms with E-state index >= 15 is 0 Å². The fraction of sp³-hybridized carbons (Fsp3) is 0.692. The molecule has 1 heterocycles.